The van der Waals surface area contributed by atoms with E-state index in [2.05, 4.69) is 26.0 Å². The zero-order valence-corrected chi connectivity index (χ0v) is 22.1. The Morgan fingerprint density at radius 2 is 0.882 bits per heavy atom. The van der Waals surface area contributed by atoms with Crippen molar-refractivity contribution < 1.29 is 19.1 Å². The summed E-state index contributed by atoms with van der Waals surface area (Å²) in [6, 6.07) is 0. The highest BCUT2D eigenvalue weighted by Crippen LogP contribution is 2.24. The summed E-state index contributed by atoms with van der Waals surface area (Å²) in [5.74, 6) is -0.149. The highest BCUT2D eigenvalue weighted by Gasteiger charge is 2.25. The normalized spacial score (nSPS) is 19.8. The van der Waals surface area contributed by atoms with E-state index in [1.165, 1.54) is 77.0 Å². The van der Waals surface area contributed by atoms with Crippen LogP contribution in [0.4, 0.5) is 0 Å². The average molecular weight is 475 g/mol. The zero-order chi connectivity index (χ0) is 24.4. The maximum absolute atomic E-state index is 12.0. The molecule has 0 N–H and O–H groups in total. The topological polar surface area (TPSA) is 52.6 Å². The molecule has 0 radical (unpaired) electrons. The molecule has 4 nitrogen and oxygen atoms in total. The van der Waals surface area contributed by atoms with Crippen molar-refractivity contribution in [3.05, 3.63) is 23.3 Å². The third-order valence-electron chi connectivity index (χ3n) is 7.14. The Balaban J connectivity index is 1.39. The lowest BCUT2D eigenvalue weighted by Gasteiger charge is -2.06. The minimum Gasteiger partial charge on any atom is -0.455 e. The fourth-order valence-electron chi connectivity index (χ4n) is 4.97. The summed E-state index contributed by atoms with van der Waals surface area (Å²) in [6.45, 7) is 4.39. The van der Waals surface area contributed by atoms with Crippen molar-refractivity contribution in [2.45, 2.75) is 154 Å². The van der Waals surface area contributed by atoms with Crippen LogP contribution >= 0.6 is 0 Å². The fraction of sp³-hybridized carbons (Fsp3) is 0.800. The summed E-state index contributed by atoms with van der Waals surface area (Å²) >= 11 is 0. The lowest BCUT2D eigenvalue weighted by atomic mass is 10.0. The number of carbonyl (C=O) groups is 2. The summed E-state index contributed by atoms with van der Waals surface area (Å²) in [5.41, 5.74) is 1.82. The Morgan fingerprint density at radius 3 is 1.24 bits per heavy atom. The number of hydrogen-bond donors (Lipinski definition) is 0. The van der Waals surface area contributed by atoms with Gasteiger partial charge in [-0.3, -0.25) is 0 Å². The maximum Gasteiger partial charge on any atom is 0.334 e. The number of ether oxygens (including phenoxy) is 2. The van der Waals surface area contributed by atoms with Gasteiger partial charge in [-0.05, 0) is 63.5 Å². The molecule has 2 heterocycles. The van der Waals surface area contributed by atoms with Crippen LogP contribution in [0.1, 0.15) is 142 Å². The summed E-state index contributed by atoms with van der Waals surface area (Å²) in [4.78, 5) is 23.9. The Morgan fingerprint density at radius 1 is 0.529 bits per heavy atom. The molecule has 2 aliphatic heterocycles. The van der Waals surface area contributed by atoms with E-state index in [0.29, 0.717) is 0 Å². The number of carbonyl (C=O) groups excluding carboxylic acids is 2. The van der Waals surface area contributed by atoms with E-state index in [1.807, 2.05) is 0 Å². The van der Waals surface area contributed by atoms with Crippen LogP contribution < -0.4 is 0 Å². The quantitative estimate of drug-likeness (QED) is 0.123. The molecule has 34 heavy (non-hydrogen) atoms. The molecule has 4 heteroatoms. The van der Waals surface area contributed by atoms with E-state index < -0.39 is 0 Å². The van der Waals surface area contributed by atoms with E-state index in [0.717, 1.165) is 62.5 Å². The van der Waals surface area contributed by atoms with E-state index in [-0.39, 0.29) is 24.1 Å². The minimum absolute atomic E-state index is 0.0326. The van der Waals surface area contributed by atoms with Gasteiger partial charge in [0.15, 0.2) is 0 Å². The van der Waals surface area contributed by atoms with E-state index in [4.69, 9.17) is 9.47 Å². The standard InChI is InChI=1S/C30H50O4/c1-3-5-15-21-27-23-25(29(31)33-27)19-17-13-11-9-7-8-10-12-14-18-20-26-24-28(34-30(26)32)22-16-6-4-2/h23-24,27-28H,3-22H2,1-2H3/t27-,28-/m1/s1. The molecule has 0 aromatic carbocycles. The summed E-state index contributed by atoms with van der Waals surface area (Å²) in [6.07, 6.45) is 27.4. The van der Waals surface area contributed by atoms with Crippen molar-refractivity contribution in [3.63, 3.8) is 0 Å². The van der Waals surface area contributed by atoms with Gasteiger partial charge in [-0.15, -0.1) is 0 Å². The molecule has 2 rings (SSSR count). The monoisotopic (exact) mass is 474 g/mol. The van der Waals surface area contributed by atoms with Crippen molar-refractivity contribution in [1.29, 1.82) is 0 Å². The Kier molecular flexibility index (Phi) is 15.0. The van der Waals surface area contributed by atoms with Crippen LogP contribution in [0.5, 0.6) is 0 Å². The third kappa shape index (κ3) is 11.7. The lowest BCUT2D eigenvalue weighted by Crippen LogP contribution is -2.08. The second kappa shape index (κ2) is 17.8. The minimum atomic E-state index is -0.0746. The second-order valence-electron chi connectivity index (χ2n) is 10.3. The molecular formula is C30H50O4. The van der Waals surface area contributed by atoms with Crippen LogP contribution in [0, 0.1) is 0 Å². The van der Waals surface area contributed by atoms with Gasteiger partial charge in [-0.2, -0.15) is 0 Å². The first kappa shape index (κ1) is 28.7. The molecule has 0 amide bonds. The number of esters is 2. The van der Waals surface area contributed by atoms with Gasteiger partial charge in [0.05, 0.1) is 0 Å². The van der Waals surface area contributed by atoms with Crippen molar-refractivity contribution in [2.24, 2.45) is 0 Å². The number of cyclic esters (lactones) is 2. The summed E-state index contributed by atoms with van der Waals surface area (Å²) in [7, 11) is 0. The Bertz CT molecular complexity index is 592. The molecule has 0 bridgehead atoms. The molecule has 2 atom stereocenters. The smallest absolute Gasteiger partial charge is 0.334 e. The zero-order valence-electron chi connectivity index (χ0n) is 22.1. The molecule has 0 fully saturated rings. The van der Waals surface area contributed by atoms with Crippen molar-refractivity contribution in [1.82, 2.24) is 0 Å². The van der Waals surface area contributed by atoms with Crippen LogP contribution in [-0.4, -0.2) is 24.1 Å². The van der Waals surface area contributed by atoms with Gasteiger partial charge >= 0.3 is 11.9 Å². The molecule has 0 saturated heterocycles. The SMILES string of the molecule is CCCCC[C@@H]1C=C(CCCCCCCCCCCCC2=C[C@@H](CCCCC)OC2=O)C(=O)O1. The maximum atomic E-state index is 12.0. The Labute approximate surface area is 208 Å². The van der Waals surface area contributed by atoms with Gasteiger partial charge in [-0.25, -0.2) is 9.59 Å². The van der Waals surface area contributed by atoms with Crippen LogP contribution in [0.3, 0.4) is 0 Å². The first-order chi connectivity index (χ1) is 16.6. The van der Waals surface area contributed by atoms with Crippen LogP contribution in [0.2, 0.25) is 0 Å². The van der Waals surface area contributed by atoms with Gasteiger partial charge in [0.25, 0.3) is 0 Å². The van der Waals surface area contributed by atoms with Crippen molar-refractivity contribution in [2.75, 3.05) is 0 Å². The molecule has 0 saturated carbocycles. The predicted octanol–water partition coefficient (Wildman–Crippen LogP) is 8.53. The van der Waals surface area contributed by atoms with Gasteiger partial charge < -0.3 is 9.47 Å². The molecular weight excluding hydrogens is 424 g/mol. The van der Waals surface area contributed by atoms with Gasteiger partial charge in [-0.1, -0.05) is 90.9 Å². The average Bonchev–Trinajstić information content (AvgIpc) is 3.36. The molecule has 0 aliphatic carbocycles. The summed E-state index contributed by atoms with van der Waals surface area (Å²) < 4.78 is 10.9. The van der Waals surface area contributed by atoms with Gasteiger partial charge in [0, 0.05) is 11.1 Å². The number of rotatable bonds is 21. The summed E-state index contributed by atoms with van der Waals surface area (Å²) in [5, 5.41) is 0. The van der Waals surface area contributed by atoms with Crippen LogP contribution in [0.15, 0.2) is 23.3 Å². The fourth-order valence-corrected chi connectivity index (χ4v) is 4.97. The van der Waals surface area contributed by atoms with Crippen molar-refractivity contribution in [3.8, 4) is 0 Å². The second-order valence-corrected chi connectivity index (χ2v) is 10.3. The highest BCUT2D eigenvalue weighted by molar-refractivity contribution is 5.91. The predicted molar refractivity (Wildman–Crippen MR) is 140 cm³/mol. The van der Waals surface area contributed by atoms with Gasteiger partial charge in [0.1, 0.15) is 12.2 Å². The largest absolute Gasteiger partial charge is 0.455 e. The third-order valence-corrected chi connectivity index (χ3v) is 7.14. The lowest BCUT2D eigenvalue weighted by molar-refractivity contribution is -0.140. The Hall–Kier alpha value is -1.58. The molecule has 0 unspecified atom stereocenters. The van der Waals surface area contributed by atoms with Crippen molar-refractivity contribution >= 4 is 11.9 Å². The van der Waals surface area contributed by atoms with E-state index >= 15 is 0 Å². The molecule has 2 aliphatic rings. The van der Waals surface area contributed by atoms with E-state index in [9.17, 15) is 9.59 Å². The number of unbranched alkanes of at least 4 members (excludes halogenated alkanes) is 13. The molecule has 194 valence electrons. The molecule has 0 aromatic rings. The first-order valence-corrected chi connectivity index (χ1v) is 14.5. The van der Waals surface area contributed by atoms with Crippen LogP contribution in [-0.2, 0) is 19.1 Å². The number of hydrogen-bond acceptors (Lipinski definition) is 4. The highest BCUT2D eigenvalue weighted by atomic mass is 16.6. The van der Waals surface area contributed by atoms with Crippen LogP contribution in [0.25, 0.3) is 0 Å². The first-order valence-electron chi connectivity index (χ1n) is 14.5. The molecule has 0 spiro atoms. The van der Waals surface area contributed by atoms with E-state index in [1.54, 1.807) is 0 Å². The van der Waals surface area contributed by atoms with Gasteiger partial charge in [0.2, 0.25) is 0 Å². The molecule has 0 aromatic heterocycles.